The summed E-state index contributed by atoms with van der Waals surface area (Å²) in [7, 11) is 0. The second-order valence-electron chi connectivity index (χ2n) is 4.25. The third-order valence-corrected chi connectivity index (χ3v) is 3.15. The number of aromatic nitrogens is 2. The zero-order valence-corrected chi connectivity index (χ0v) is 9.60. The minimum Gasteiger partial charge on any atom is -0.370 e. The molecular weight excluding hydrogens is 212 g/mol. The van der Waals surface area contributed by atoms with Crippen LogP contribution in [0.25, 0.3) is 11.0 Å². The van der Waals surface area contributed by atoms with Gasteiger partial charge in [0.15, 0.2) is 0 Å². The van der Waals surface area contributed by atoms with Gasteiger partial charge in [-0.2, -0.15) is 0 Å². The lowest BCUT2D eigenvalue weighted by molar-refractivity contribution is 0.103. The minimum atomic E-state index is 0.107. The number of para-hydroxylation sites is 2. The first-order chi connectivity index (χ1) is 8.40. The van der Waals surface area contributed by atoms with E-state index >= 15 is 0 Å². The van der Waals surface area contributed by atoms with Crippen molar-refractivity contribution in [1.82, 2.24) is 9.55 Å². The molecule has 2 aromatic rings. The second-order valence-corrected chi connectivity index (χ2v) is 4.25. The van der Waals surface area contributed by atoms with Gasteiger partial charge in [0, 0.05) is 6.61 Å². The predicted molar refractivity (Wildman–Crippen MR) is 66.5 cm³/mol. The van der Waals surface area contributed by atoms with Crippen LogP contribution in [0.15, 0.2) is 24.3 Å². The normalized spacial score (nSPS) is 19.6. The average Bonchev–Trinajstić information content (AvgIpc) is 2.97. The van der Waals surface area contributed by atoms with E-state index in [0.717, 1.165) is 36.3 Å². The highest BCUT2D eigenvalue weighted by atomic mass is 16.5. The molecule has 3 heteroatoms. The molecule has 1 aromatic carbocycles. The molecular formula is C14H14N2O. The maximum absolute atomic E-state index is 5.70. The van der Waals surface area contributed by atoms with Crippen molar-refractivity contribution in [3.63, 3.8) is 0 Å². The SMILES string of the molecule is C#CCn1c(C2CCCO2)nc2ccccc21. The Hall–Kier alpha value is -1.79. The summed E-state index contributed by atoms with van der Waals surface area (Å²) in [4.78, 5) is 4.66. The van der Waals surface area contributed by atoms with Gasteiger partial charge in [-0.25, -0.2) is 4.98 Å². The molecule has 1 aliphatic heterocycles. The van der Waals surface area contributed by atoms with Crippen molar-refractivity contribution < 1.29 is 4.74 Å². The average molecular weight is 226 g/mol. The van der Waals surface area contributed by atoms with Gasteiger partial charge in [-0.3, -0.25) is 0 Å². The Morgan fingerprint density at radius 3 is 3.12 bits per heavy atom. The number of fused-ring (bicyclic) bond motifs is 1. The molecule has 0 aliphatic carbocycles. The van der Waals surface area contributed by atoms with E-state index < -0.39 is 0 Å². The Kier molecular flexibility index (Phi) is 2.58. The Morgan fingerprint density at radius 1 is 1.47 bits per heavy atom. The molecule has 3 rings (SSSR count). The Bertz CT molecular complexity index is 573. The van der Waals surface area contributed by atoms with Crippen LogP contribution in [0, 0.1) is 12.3 Å². The number of imidazole rings is 1. The van der Waals surface area contributed by atoms with E-state index in [1.807, 2.05) is 18.2 Å². The van der Waals surface area contributed by atoms with E-state index in [1.54, 1.807) is 0 Å². The zero-order valence-electron chi connectivity index (χ0n) is 9.60. The van der Waals surface area contributed by atoms with Crippen LogP contribution < -0.4 is 0 Å². The maximum Gasteiger partial charge on any atom is 0.140 e. The smallest absolute Gasteiger partial charge is 0.140 e. The number of terminal acetylenes is 1. The molecule has 0 N–H and O–H groups in total. The summed E-state index contributed by atoms with van der Waals surface area (Å²) in [6, 6.07) is 8.07. The van der Waals surface area contributed by atoms with Crippen LogP contribution in [0.3, 0.4) is 0 Å². The molecule has 86 valence electrons. The number of nitrogens with zero attached hydrogens (tertiary/aromatic N) is 2. The third kappa shape index (κ3) is 1.71. The summed E-state index contributed by atoms with van der Waals surface area (Å²) in [5.74, 6) is 3.67. The summed E-state index contributed by atoms with van der Waals surface area (Å²) < 4.78 is 7.79. The summed E-state index contributed by atoms with van der Waals surface area (Å²) in [5, 5.41) is 0. The fourth-order valence-corrected chi connectivity index (χ4v) is 2.38. The van der Waals surface area contributed by atoms with E-state index in [1.165, 1.54) is 0 Å². The third-order valence-electron chi connectivity index (χ3n) is 3.15. The predicted octanol–water partition coefficient (Wildman–Crippen LogP) is 2.52. The molecule has 1 saturated heterocycles. The van der Waals surface area contributed by atoms with Gasteiger partial charge < -0.3 is 9.30 Å². The van der Waals surface area contributed by atoms with Crippen molar-refractivity contribution in [1.29, 1.82) is 0 Å². The molecule has 1 fully saturated rings. The Balaban J connectivity index is 2.15. The minimum absolute atomic E-state index is 0.107. The van der Waals surface area contributed by atoms with Crippen molar-refractivity contribution in [3.8, 4) is 12.3 Å². The second kappa shape index (κ2) is 4.23. The van der Waals surface area contributed by atoms with Crippen LogP contribution in [0.2, 0.25) is 0 Å². The van der Waals surface area contributed by atoms with E-state index in [0.29, 0.717) is 6.54 Å². The molecule has 1 atom stereocenters. The number of rotatable bonds is 2. The van der Waals surface area contributed by atoms with Gasteiger partial charge >= 0.3 is 0 Å². The van der Waals surface area contributed by atoms with Gasteiger partial charge in [-0.1, -0.05) is 18.1 Å². The summed E-state index contributed by atoms with van der Waals surface area (Å²) in [6.07, 6.45) is 7.68. The van der Waals surface area contributed by atoms with Crippen molar-refractivity contribution >= 4 is 11.0 Å². The van der Waals surface area contributed by atoms with Gasteiger partial charge in [-0.15, -0.1) is 6.42 Å². The van der Waals surface area contributed by atoms with Crippen LogP contribution in [-0.4, -0.2) is 16.2 Å². The summed E-state index contributed by atoms with van der Waals surface area (Å²) in [5.41, 5.74) is 2.09. The van der Waals surface area contributed by atoms with Crippen molar-refractivity contribution in [2.45, 2.75) is 25.5 Å². The molecule has 17 heavy (non-hydrogen) atoms. The molecule has 0 radical (unpaired) electrons. The van der Waals surface area contributed by atoms with Crippen LogP contribution >= 0.6 is 0 Å². The lowest BCUT2D eigenvalue weighted by atomic mass is 10.2. The van der Waals surface area contributed by atoms with Gasteiger partial charge in [0.25, 0.3) is 0 Å². The highest BCUT2D eigenvalue weighted by molar-refractivity contribution is 5.76. The topological polar surface area (TPSA) is 27.1 Å². The molecule has 0 spiro atoms. The van der Waals surface area contributed by atoms with Crippen LogP contribution in [0.1, 0.15) is 24.8 Å². The number of hydrogen-bond donors (Lipinski definition) is 0. The monoisotopic (exact) mass is 226 g/mol. The first-order valence-corrected chi connectivity index (χ1v) is 5.90. The standard InChI is InChI=1S/C14H14N2O/c1-2-9-16-12-7-4-3-6-11(12)15-14(16)13-8-5-10-17-13/h1,3-4,6-7,13H,5,8-10H2. The first-order valence-electron chi connectivity index (χ1n) is 5.90. The molecule has 0 saturated carbocycles. The molecule has 3 nitrogen and oxygen atoms in total. The molecule has 0 bridgehead atoms. The first kappa shape index (κ1) is 10.4. The van der Waals surface area contributed by atoms with E-state index in [-0.39, 0.29) is 6.10 Å². The molecule has 1 aliphatic rings. The Labute approximate surface area is 100 Å². The fourth-order valence-electron chi connectivity index (χ4n) is 2.38. The Morgan fingerprint density at radius 2 is 2.35 bits per heavy atom. The van der Waals surface area contributed by atoms with Crippen LogP contribution in [0.4, 0.5) is 0 Å². The fraction of sp³-hybridized carbons (Fsp3) is 0.357. The summed E-state index contributed by atoms with van der Waals surface area (Å²) in [6.45, 7) is 1.37. The molecule has 2 heterocycles. The lowest BCUT2D eigenvalue weighted by Crippen LogP contribution is -2.07. The number of hydrogen-bond acceptors (Lipinski definition) is 2. The van der Waals surface area contributed by atoms with Crippen molar-refractivity contribution in [2.75, 3.05) is 6.61 Å². The molecule has 1 unspecified atom stereocenters. The molecule has 0 amide bonds. The largest absolute Gasteiger partial charge is 0.370 e. The van der Waals surface area contributed by atoms with Gasteiger partial charge in [0.05, 0.1) is 17.6 Å². The highest BCUT2D eigenvalue weighted by Crippen LogP contribution is 2.30. The molecule has 1 aromatic heterocycles. The van der Waals surface area contributed by atoms with Gasteiger partial charge in [-0.05, 0) is 25.0 Å². The van der Waals surface area contributed by atoms with Gasteiger partial charge in [0.2, 0.25) is 0 Å². The quantitative estimate of drug-likeness (QED) is 0.736. The number of ether oxygens (including phenoxy) is 1. The van der Waals surface area contributed by atoms with Crippen molar-refractivity contribution in [3.05, 3.63) is 30.1 Å². The lowest BCUT2D eigenvalue weighted by Gasteiger charge is -2.10. The highest BCUT2D eigenvalue weighted by Gasteiger charge is 2.23. The van der Waals surface area contributed by atoms with E-state index in [2.05, 4.69) is 21.5 Å². The van der Waals surface area contributed by atoms with E-state index in [4.69, 9.17) is 11.2 Å². The summed E-state index contributed by atoms with van der Waals surface area (Å²) >= 11 is 0. The maximum atomic E-state index is 5.70. The number of benzene rings is 1. The van der Waals surface area contributed by atoms with Gasteiger partial charge in [0.1, 0.15) is 11.9 Å². The van der Waals surface area contributed by atoms with E-state index in [9.17, 15) is 0 Å². The van der Waals surface area contributed by atoms with Crippen molar-refractivity contribution in [2.24, 2.45) is 0 Å². The zero-order chi connectivity index (χ0) is 11.7. The van der Waals surface area contributed by atoms with Crippen LogP contribution in [-0.2, 0) is 11.3 Å². The van der Waals surface area contributed by atoms with Crippen LogP contribution in [0.5, 0.6) is 0 Å².